The number of hydrogen-bond acceptors (Lipinski definition) is 4. The Kier molecular flexibility index (Phi) is 5.27. The van der Waals surface area contributed by atoms with Crippen molar-refractivity contribution in [2.45, 2.75) is 19.0 Å². The normalized spacial score (nSPS) is 11.4. The molecule has 0 spiro atoms. The van der Waals surface area contributed by atoms with Crippen LogP contribution in [-0.4, -0.2) is 39.2 Å². The van der Waals surface area contributed by atoms with Gasteiger partial charge in [-0.2, -0.15) is 0 Å². The van der Waals surface area contributed by atoms with Gasteiger partial charge in [0.05, 0.1) is 6.42 Å². The van der Waals surface area contributed by atoms with Gasteiger partial charge in [-0.3, -0.25) is 9.78 Å². The molecule has 8 nitrogen and oxygen atoms in total. The molecule has 0 fully saturated rings. The third-order valence-electron chi connectivity index (χ3n) is 2.18. The van der Waals surface area contributed by atoms with Gasteiger partial charge in [0.2, 0.25) is 0 Å². The van der Waals surface area contributed by atoms with Crippen molar-refractivity contribution in [1.29, 1.82) is 0 Å². The summed E-state index contributed by atoms with van der Waals surface area (Å²) in [5.74, 6) is -2.71. The number of pyridine rings is 1. The van der Waals surface area contributed by atoms with Gasteiger partial charge < -0.3 is 20.8 Å². The molecule has 19 heavy (non-hydrogen) atoms. The van der Waals surface area contributed by atoms with Crippen LogP contribution in [0.3, 0.4) is 0 Å². The SMILES string of the molecule is O=C(O)CC(NC(=O)NCc1ccncc1)C(=O)O. The fourth-order valence-electron chi connectivity index (χ4n) is 1.27. The highest BCUT2D eigenvalue weighted by Gasteiger charge is 2.22. The number of carboxylic acid groups (broad SMARTS) is 2. The third kappa shape index (κ3) is 5.48. The summed E-state index contributed by atoms with van der Waals surface area (Å²) in [5, 5.41) is 21.7. The van der Waals surface area contributed by atoms with E-state index in [0.29, 0.717) is 0 Å². The Morgan fingerprint density at radius 2 is 1.84 bits per heavy atom. The summed E-state index contributed by atoms with van der Waals surface area (Å²) in [6, 6.07) is 1.17. The fraction of sp³-hybridized carbons (Fsp3) is 0.273. The van der Waals surface area contributed by atoms with Gasteiger partial charge in [0.15, 0.2) is 0 Å². The Bertz CT molecular complexity index is 463. The topological polar surface area (TPSA) is 129 Å². The van der Waals surface area contributed by atoms with E-state index in [1.54, 1.807) is 24.5 Å². The van der Waals surface area contributed by atoms with Crippen molar-refractivity contribution in [3.05, 3.63) is 30.1 Å². The van der Waals surface area contributed by atoms with Gasteiger partial charge in [-0.1, -0.05) is 0 Å². The van der Waals surface area contributed by atoms with Gasteiger partial charge in [0.25, 0.3) is 0 Å². The summed E-state index contributed by atoms with van der Waals surface area (Å²) < 4.78 is 0. The molecule has 0 aliphatic rings. The second-order valence-electron chi connectivity index (χ2n) is 3.67. The molecule has 0 saturated heterocycles. The Labute approximate surface area is 108 Å². The van der Waals surface area contributed by atoms with Crippen LogP contribution < -0.4 is 10.6 Å². The average Bonchev–Trinajstić information content (AvgIpc) is 2.36. The summed E-state index contributed by atoms with van der Waals surface area (Å²) in [5.41, 5.74) is 0.787. The third-order valence-corrected chi connectivity index (χ3v) is 2.18. The maximum Gasteiger partial charge on any atom is 0.326 e. The number of urea groups is 1. The van der Waals surface area contributed by atoms with Gasteiger partial charge >= 0.3 is 18.0 Å². The van der Waals surface area contributed by atoms with Gasteiger partial charge in [0, 0.05) is 18.9 Å². The van der Waals surface area contributed by atoms with E-state index in [9.17, 15) is 14.4 Å². The number of nitrogens with one attached hydrogen (secondary N) is 2. The van der Waals surface area contributed by atoms with E-state index in [1.807, 2.05) is 0 Å². The molecule has 0 aliphatic heterocycles. The van der Waals surface area contributed by atoms with Crippen LogP contribution >= 0.6 is 0 Å². The Balaban J connectivity index is 2.45. The lowest BCUT2D eigenvalue weighted by Gasteiger charge is -2.13. The van der Waals surface area contributed by atoms with Crippen molar-refractivity contribution in [2.75, 3.05) is 0 Å². The number of hydrogen-bond donors (Lipinski definition) is 4. The zero-order chi connectivity index (χ0) is 14.3. The van der Waals surface area contributed by atoms with Crippen LogP contribution in [0.1, 0.15) is 12.0 Å². The highest BCUT2D eigenvalue weighted by atomic mass is 16.4. The molecule has 0 aromatic carbocycles. The summed E-state index contributed by atoms with van der Waals surface area (Å²) in [6.45, 7) is 0.188. The number of carbonyl (C=O) groups excluding carboxylic acids is 1. The van der Waals surface area contributed by atoms with Crippen LogP contribution in [0.4, 0.5) is 4.79 Å². The first-order chi connectivity index (χ1) is 8.99. The molecular formula is C11H13N3O5. The van der Waals surface area contributed by atoms with Crippen molar-refractivity contribution in [3.63, 3.8) is 0 Å². The van der Waals surface area contributed by atoms with Crippen LogP contribution in [0.15, 0.2) is 24.5 Å². The smallest absolute Gasteiger partial charge is 0.326 e. The first-order valence-electron chi connectivity index (χ1n) is 5.37. The van der Waals surface area contributed by atoms with E-state index >= 15 is 0 Å². The molecule has 102 valence electrons. The first-order valence-corrected chi connectivity index (χ1v) is 5.37. The van der Waals surface area contributed by atoms with E-state index in [-0.39, 0.29) is 6.54 Å². The van der Waals surface area contributed by atoms with Crippen molar-refractivity contribution in [3.8, 4) is 0 Å². The van der Waals surface area contributed by atoms with Crippen LogP contribution in [0, 0.1) is 0 Å². The van der Waals surface area contributed by atoms with E-state index in [1.165, 1.54) is 0 Å². The number of rotatable bonds is 6. The zero-order valence-corrected chi connectivity index (χ0v) is 9.87. The molecule has 1 rings (SSSR count). The molecule has 0 aliphatic carbocycles. The van der Waals surface area contributed by atoms with Gasteiger partial charge in [-0.05, 0) is 17.7 Å². The van der Waals surface area contributed by atoms with E-state index in [4.69, 9.17) is 10.2 Å². The standard InChI is InChI=1S/C11H13N3O5/c15-9(16)5-8(10(17)18)14-11(19)13-6-7-1-3-12-4-2-7/h1-4,8H,5-6H2,(H,15,16)(H,17,18)(H2,13,14,19). The van der Waals surface area contributed by atoms with Crippen LogP contribution in [0.5, 0.6) is 0 Å². The molecule has 2 amide bonds. The van der Waals surface area contributed by atoms with Crippen LogP contribution in [0.2, 0.25) is 0 Å². The Morgan fingerprint density at radius 1 is 1.21 bits per heavy atom. The molecule has 1 atom stereocenters. The summed E-state index contributed by atoms with van der Waals surface area (Å²) in [7, 11) is 0. The highest BCUT2D eigenvalue weighted by molar-refractivity contribution is 5.86. The maximum atomic E-state index is 11.4. The molecule has 1 unspecified atom stereocenters. The number of nitrogens with zero attached hydrogens (tertiary/aromatic N) is 1. The molecule has 4 N–H and O–H groups in total. The quantitative estimate of drug-likeness (QED) is 0.565. The molecule has 0 saturated carbocycles. The van der Waals surface area contributed by atoms with E-state index in [0.717, 1.165) is 5.56 Å². The summed E-state index contributed by atoms with van der Waals surface area (Å²) in [4.78, 5) is 36.4. The number of aliphatic carboxylic acids is 2. The maximum absolute atomic E-state index is 11.4. The Morgan fingerprint density at radius 3 is 2.37 bits per heavy atom. The molecule has 1 aromatic rings. The number of carboxylic acids is 2. The molecule has 1 aromatic heterocycles. The van der Waals surface area contributed by atoms with Crippen molar-refractivity contribution in [1.82, 2.24) is 15.6 Å². The number of carbonyl (C=O) groups is 3. The van der Waals surface area contributed by atoms with Crippen LogP contribution in [-0.2, 0) is 16.1 Å². The predicted molar refractivity (Wildman–Crippen MR) is 63.3 cm³/mol. The minimum atomic E-state index is -1.46. The first kappa shape index (κ1) is 14.4. The fourth-order valence-corrected chi connectivity index (χ4v) is 1.27. The lowest BCUT2D eigenvalue weighted by Crippen LogP contribution is -2.46. The zero-order valence-electron chi connectivity index (χ0n) is 9.87. The van der Waals surface area contributed by atoms with Crippen molar-refractivity contribution >= 4 is 18.0 Å². The molecular weight excluding hydrogens is 254 g/mol. The second-order valence-corrected chi connectivity index (χ2v) is 3.67. The summed E-state index contributed by atoms with van der Waals surface area (Å²) in [6.07, 6.45) is 2.43. The van der Waals surface area contributed by atoms with E-state index < -0.39 is 30.4 Å². The minimum Gasteiger partial charge on any atom is -0.481 e. The predicted octanol–water partition coefficient (Wildman–Crippen LogP) is -0.191. The van der Waals surface area contributed by atoms with Gasteiger partial charge in [-0.25, -0.2) is 9.59 Å². The average molecular weight is 267 g/mol. The number of aromatic nitrogens is 1. The van der Waals surface area contributed by atoms with Crippen LogP contribution in [0.25, 0.3) is 0 Å². The molecule has 8 heteroatoms. The highest BCUT2D eigenvalue weighted by Crippen LogP contribution is 1.96. The number of amides is 2. The monoisotopic (exact) mass is 267 g/mol. The minimum absolute atomic E-state index is 0.188. The largest absolute Gasteiger partial charge is 0.481 e. The molecule has 0 radical (unpaired) electrons. The van der Waals surface area contributed by atoms with Gasteiger partial charge in [0.1, 0.15) is 6.04 Å². The lowest BCUT2D eigenvalue weighted by atomic mass is 10.2. The second kappa shape index (κ2) is 6.94. The molecule has 0 bridgehead atoms. The molecule has 1 heterocycles. The lowest BCUT2D eigenvalue weighted by molar-refractivity contribution is -0.145. The van der Waals surface area contributed by atoms with Crippen molar-refractivity contribution < 1.29 is 24.6 Å². The van der Waals surface area contributed by atoms with E-state index in [2.05, 4.69) is 15.6 Å². The summed E-state index contributed by atoms with van der Waals surface area (Å²) >= 11 is 0. The van der Waals surface area contributed by atoms with Crippen molar-refractivity contribution in [2.24, 2.45) is 0 Å². The van der Waals surface area contributed by atoms with Gasteiger partial charge in [-0.15, -0.1) is 0 Å². The Hall–Kier alpha value is -2.64.